The second kappa shape index (κ2) is 6.96. The van der Waals surface area contributed by atoms with Crippen LogP contribution >= 0.6 is 0 Å². The molecule has 138 valence electrons. The van der Waals surface area contributed by atoms with Crippen LogP contribution in [0.25, 0.3) is 0 Å². The number of benzene rings is 1. The molecule has 1 aromatic heterocycles. The van der Waals surface area contributed by atoms with Gasteiger partial charge in [0.2, 0.25) is 10.0 Å². The van der Waals surface area contributed by atoms with E-state index in [0.29, 0.717) is 5.56 Å². The largest absolute Gasteiger partial charge is 0.270 e. The van der Waals surface area contributed by atoms with Crippen molar-refractivity contribution < 1.29 is 13.3 Å². The summed E-state index contributed by atoms with van der Waals surface area (Å²) in [7, 11) is -3.94. The number of hydrogen-bond acceptors (Lipinski definition) is 6. The third-order valence-corrected chi connectivity index (χ3v) is 5.91. The molecule has 1 N–H and O–H groups in total. The highest BCUT2D eigenvalue weighted by Gasteiger charge is 2.20. The quantitative estimate of drug-likeness (QED) is 0.589. The van der Waals surface area contributed by atoms with Gasteiger partial charge in [0.05, 0.1) is 22.1 Å². The number of aryl methyl sites for hydroxylation is 3. The zero-order valence-corrected chi connectivity index (χ0v) is 15.0. The van der Waals surface area contributed by atoms with Crippen LogP contribution in [-0.4, -0.2) is 29.7 Å². The Morgan fingerprint density at radius 2 is 2.08 bits per heavy atom. The molecular formula is C16H18N4O5S. The van der Waals surface area contributed by atoms with Gasteiger partial charge in [0, 0.05) is 24.7 Å². The summed E-state index contributed by atoms with van der Waals surface area (Å²) in [4.78, 5) is 22.1. The van der Waals surface area contributed by atoms with Crippen molar-refractivity contribution in [2.45, 2.75) is 37.6 Å². The number of rotatable bonds is 6. The number of fused-ring (bicyclic) bond motifs is 1. The van der Waals surface area contributed by atoms with Gasteiger partial charge in [-0.3, -0.25) is 14.9 Å². The van der Waals surface area contributed by atoms with E-state index in [1.807, 2.05) is 0 Å². The lowest BCUT2D eigenvalue weighted by Gasteiger charge is -2.10. The van der Waals surface area contributed by atoms with Crippen molar-refractivity contribution in [2.75, 3.05) is 6.54 Å². The average molecular weight is 378 g/mol. The summed E-state index contributed by atoms with van der Waals surface area (Å²) in [5.41, 5.74) is 1.67. The molecule has 0 saturated carbocycles. The normalized spacial score (nSPS) is 13.6. The third-order valence-electron chi connectivity index (χ3n) is 4.31. The first-order valence-electron chi connectivity index (χ1n) is 8.12. The molecule has 10 heteroatoms. The molecule has 9 nitrogen and oxygen atoms in total. The van der Waals surface area contributed by atoms with Crippen molar-refractivity contribution in [1.82, 2.24) is 14.5 Å². The SMILES string of the molecule is Cc1ccc([N+](=O)[O-])cc1S(=O)(=O)NCCn1nc2c(cc1=O)CCC2. The minimum atomic E-state index is -3.94. The van der Waals surface area contributed by atoms with Crippen LogP contribution in [0.1, 0.15) is 23.2 Å². The lowest BCUT2D eigenvalue weighted by Crippen LogP contribution is -2.32. The number of nitro groups is 1. The average Bonchev–Trinajstić information content (AvgIpc) is 3.02. The van der Waals surface area contributed by atoms with Gasteiger partial charge in [-0.2, -0.15) is 5.10 Å². The molecule has 0 bridgehead atoms. The molecule has 1 heterocycles. The predicted octanol–water partition coefficient (Wildman–Crippen LogP) is 0.927. The van der Waals surface area contributed by atoms with Crippen molar-refractivity contribution in [2.24, 2.45) is 0 Å². The van der Waals surface area contributed by atoms with E-state index in [2.05, 4.69) is 9.82 Å². The molecule has 2 aromatic rings. The van der Waals surface area contributed by atoms with E-state index in [4.69, 9.17) is 0 Å². The third kappa shape index (κ3) is 3.65. The van der Waals surface area contributed by atoms with Crippen molar-refractivity contribution in [3.63, 3.8) is 0 Å². The highest BCUT2D eigenvalue weighted by molar-refractivity contribution is 7.89. The Kier molecular flexibility index (Phi) is 4.88. The molecule has 1 aliphatic rings. The van der Waals surface area contributed by atoms with Crippen LogP contribution < -0.4 is 10.3 Å². The number of nitrogens with one attached hydrogen (secondary N) is 1. The Hall–Kier alpha value is -2.59. The lowest BCUT2D eigenvalue weighted by molar-refractivity contribution is -0.385. The molecule has 0 aliphatic heterocycles. The standard InChI is InChI=1S/C16H18N4O5S/c1-11-5-6-13(20(22)23)10-15(11)26(24,25)17-7-8-19-16(21)9-12-3-2-4-14(12)18-19/h5-6,9-10,17H,2-4,7-8H2,1H3. The smallest absolute Gasteiger partial charge is 0.268 e. The van der Waals surface area contributed by atoms with E-state index in [1.54, 1.807) is 13.0 Å². The molecule has 0 spiro atoms. The first-order chi connectivity index (χ1) is 12.3. The second-order valence-corrected chi connectivity index (χ2v) is 7.87. The van der Waals surface area contributed by atoms with Gasteiger partial charge in [-0.1, -0.05) is 6.07 Å². The molecule has 0 radical (unpaired) electrons. The van der Waals surface area contributed by atoms with Crippen molar-refractivity contribution >= 4 is 15.7 Å². The van der Waals surface area contributed by atoms with Gasteiger partial charge in [0.15, 0.2) is 0 Å². The lowest BCUT2D eigenvalue weighted by atomic mass is 10.2. The number of non-ortho nitro benzene ring substituents is 1. The molecule has 1 aliphatic carbocycles. The molecule has 1 aromatic carbocycles. The number of nitro benzene ring substituents is 1. The van der Waals surface area contributed by atoms with Gasteiger partial charge >= 0.3 is 0 Å². The van der Waals surface area contributed by atoms with Crippen LogP contribution in [0.3, 0.4) is 0 Å². The molecular weight excluding hydrogens is 360 g/mol. The number of aromatic nitrogens is 2. The molecule has 3 rings (SSSR count). The molecule has 26 heavy (non-hydrogen) atoms. The number of sulfonamides is 1. The first kappa shape index (κ1) is 18.2. The fourth-order valence-electron chi connectivity index (χ4n) is 2.96. The van der Waals surface area contributed by atoms with Gasteiger partial charge in [-0.15, -0.1) is 0 Å². The second-order valence-electron chi connectivity index (χ2n) is 6.14. The maximum absolute atomic E-state index is 12.4. The van der Waals surface area contributed by atoms with E-state index in [-0.39, 0.29) is 29.2 Å². The van der Waals surface area contributed by atoms with E-state index < -0.39 is 14.9 Å². The summed E-state index contributed by atoms with van der Waals surface area (Å²) in [6.07, 6.45) is 2.62. The van der Waals surface area contributed by atoms with Crippen molar-refractivity contribution in [1.29, 1.82) is 0 Å². The van der Waals surface area contributed by atoms with Crippen molar-refractivity contribution in [3.8, 4) is 0 Å². The summed E-state index contributed by atoms with van der Waals surface area (Å²) in [5.74, 6) is 0. The fraction of sp³-hybridized carbons (Fsp3) is 0.375. The van der Waals surface area contributed by atoms with Crippen LogP contribution in [-0.2, 0) is 29.4 Å². The Bertz CT molecular complexity index is 1030. The van der Waals surface area contributed by atoms with Crippen LogP contribution in [0.2, 0.25) is 0 Å². The Balaban J connectivity index is 1.75. The van der Waals surface area contributed by atoms with E-state index in [0.717, 1.165) is 36.6 Å². The molecule has 0 fully saturated rings. The van der Waals surface area contributed by atoms with E-state index in [9.17, 15) is 23.3 Å². The maximum atomic E-state index is 12.4. The summed E-state index contributed by atoms with van der Waals surface area (Å²) in [6, 6.07) is 5.22. The van der Waals surface area contributed by atoms with Gasteiger partial charge in [-0.05, 0) is 37.3 Å². The van der Waals surface area contributed by atoms with Gasteiger partial charge in [0.1, 0.15) is 0 Å². The Morgan fingerprint density at radius 1 is 1.31 bits per heavy atom. The van der Waals surface area contributed by atoms with Gasteiger partial charge < -0.3 is 0 Å². The van der Waals surface area contributed by atoms with Crippen LogP contribution in [0.4, 0.5) is 5.69 Å². The Morgan fingerprint density at radius 3 is 2.81 bits per heavy atom. The zero-order valence-electron chi connectivity index (χ0n) is 14.1. The summed E-state index contributed by atoms with van der Waals surface area (Å²) >= 11 is 0. The van der Waals surface area contributed by atoms with E-state index in [1.165, 1.54) is 16.8 Å². The zero-order chi connectivity index (χ0) is 18.9. The number of nitrogens with zero attached hydrogens (tertiary/aromatic N) is 3. The van der Waals surface area contributed by atoms with Gasteiger partial charge in [-0.25, -0.2) is 17.8 Å². The van der Waals surface area contributed by atoms with Crippen LogP contribution in [0, 0.1) is 17.0 Å². The minimum absolute atomic E-state index is 0.0455. The highest BCUT2D eigenvalue weighted by Crippen LogP contribution is 2.21. The molecule has 0 atom stereocenters. The Labute approximate surface area is 149 Å². The molecule has 0 unspecified atom stereocenters. The molecule has 0 saturated heterocycles. The van der Waals surface area contributed by atoms with Crippen molar-refractivity contribution in [3.05, 3.63) is 61.6 Å². The summed E-state index contributed by atoms with van der Waals surface area (Å²) in [6.45, 7) is 1.60. The topological polar surface area (TPSA) is 124 Å². The van der Waals surface area contributed by atoms with Gasteiger partial charge in [0.25, 0.3) is 11.2 Å². The van der Waals surface area contributed by atoms with E-state index >= 15 is 0 Å². The summed E-state index contributed by atoms with van der Waals surface area (Å²) < 4.78 is 28.5. The maximum Gasteiger partial charge on any atom is 0.270 e. The fourth-order valence-corrected chi connectivity index (χ4v) is 4.24. The first-order valence-corrected chi connectivity index (χ1v) is 9.61. The van der Waals surface area contributed by atoms with Crippen LogP contribution in [0.15, 0.2) is 34.0 Å². The highest BCUT2D eigenvalue weighted by atomic mass is 32.2. The summed E-state index contributed by atoms with van der Waals surface area (Å²) in [5, 5.41) is 15.1. The predicted molar refractivity (Wildman–Crippen MR) is 93.5 cm³/mol. The molecule has 0 amide bonds. The minimum Gasteiger partial charge on any atom is -0.268 e. The number of hydrogen-bond donors (Lipinski definition) is 1. The monoisotopic (exact) mass is 378 g/mol. The van der Waals surface area contributed by atoms with Crippen LogP contribution in [0.5, 0.6) is 0 Å².